The highest BCUT2D eigenvalue weighted by atomic mass is 16.5. The summed E-state index contributed by atoms with van der Waals surface area (Å²) >= 11 is 0. The maximum absolute atomic E-state index is 10.9. The molecule has 0 radical (unpaired) electrons. The Hall–Kier alpha value is -2.89. The summed E-state index contributed by atoms with van der Waals surface area (Å²) in [4.78, 5) is 10.9. The first-order valence-corrected chi connectivity index (χ1v) is 8.18. The van der Waals surface area contributed by atoms with Crippen LogP contribution in [0, 0.1) is 0 Å². The minimum Gasteiger partial charge on any atom is -0.507 e. The average molecular weight is 346 g/mol. The van der Waals surface area contributed by atoms with Crippen molar-refractivity contribution in [1.29, 1.82) is 0 Å². The highest BCUT2D eigenvalue weighted by Gasteiger charge is 2.10. The van der Waals surface area contributed by atoms with E-state index in [2.05, 4.69) is 0 Å². The van der Waals surface area contributed by atoms with E-state index in [0.29, 0.717) is 18.8 Å². The molecule has 0 fully saturated rings. The molecule has 2 aromatic carbocycles. The van der Waals surface area contributed by atoms with Crippen LogP contribution in [-0.4, -0.2) is 33.0 Å². The van der Waals surface area contributed by atoms with Gasteiger partial charge in [0.1, 0.15) is 17.1 Å². The van der Waals surface area contributed by atoms with E-state index in [9.17, 15) is 20.1 Å². The van der Waals surface area contributed by atoms with E-state index in [1.807, 2.05) is 0 Å². The number of phenolic OH excluding ortho intramolecular Hbond substituents is 2. The van der Waals surface area contributed by atoms with Gasteiger partial charge in [-0.3, -0.25) is 0 Å². The molecule has 4 N–H and O–H groups in total. The van der Waals surface area contributed by atoms with E-state index >= 15 is 0 Å². The average Bonchev–Trinajstić information content (AvgIpc) is 2.58. The summed E-state index contributed by atoms with van der Waals surface area (Å²) in [5, 5.41) is 37.5. The third kappa shape index (κ3) is 5.31. The highest BCUT2D eigenvalue weighted by molar-refractivity contribution is 5.91. The van der Waals surface area contributed by atoms with E-state index in [1.54, 1.807) is 12.1 Å². The zero-order valence-corrected chi connectivity index (χ0v) is 13.8. The van der Waals surface area contributed by atoms with Gasteiger partial charge in [-0.2, -0.15) is 0 Å². The summed E-state index contributed by atoms with van der Waals surface area (Å²) in [6.07, 6.45) is 4.29. The molecule has 6 heteroatoms. The van der Waals surface area contributed by atoms with Gasteiger partial charge in [0.15, 0.2) is 11.5 Å². The van der Waals surface area contributed by atoms with Crippen LogP contribution in [0.1, 0.15) is 41.6 Å². The van der Waals surface area contributed by atoms with Gasteiger partial charge in [-0.15, -0.1) is 0 Å². The Bertz CT molecular complexity index is 726. The van der Waals surface area contributed by atoms with Crippen LogP contribution in [-0.2, 0) is 6.42 Å². The second-order valence-corrected chi connectivity index (χ2v) is 5.78. The molecule has 0 aliphatic heterocycles. The highest BCUT2D eigenvalue weighted by Crippen LogP contribution is 2.29. The molecule has 0 aliphatic carbocycles. The second-order valence-electron chi connectivity index (χ2n) is 5.78. The Labute approximate surface area is 145 Å². The quantitative estimate of drug-likeness (QED) is 0.407. The largest absolute Gasteiger partial charge is 0.507 e. The van der Waals surface area contributed by atoms with Gasteiger partial charge in [0.05, 0.1) is 6.61 Å². The van der Waals surface area contributed by atoms with Crippen LogP contribution in [0.4, 0.5) is 0 Å². The molecular weight excluding hydrogens is 324 g/mol. The van der Waals surface area contributed by atoms with Crippen LogP contribution >= 0.6 is 0 Å². The number of hydrogen-bond donors (Lipinski definition) is 4. The molecule has 6 nitrogen and oxygen atoms in total. The number of hydrogen-bond acceptors (Lipinski definition) is 5. The van der Waals surface area contributed by atoms with Crippen molar-refractivity contribution in [2.75, 3.05) is 6.61 Å². The van der Waals surface area contributed by atoms with Crippen molar-refractivity contribution in [2.45, 2.75) is 32.1 Å². The number of aromatic hydroxyl groups is 3. The lowest BCUT2D eigenvalue weighted by Gasteiger charge is -2.08. The minimum atomic E-state index is -1.20. The molecule has 25 heavy (non-hydrogen) atoms. The van der Waals surface area contributed by atoms with Crippen molar-refractivity contribution in [1.82, 2.24) is 0 Å². The van der Waals surface area contributed by atoms with Crippen LogP contribution < -0.4 is 4.74 Å². The van der Waals surface area contributed by atoms with E-state index < -0.39 is 5.97 Å². The molecule has 0 bridgehead atoms. The van der Waals surface area contributed by atoms with Crippen molar-refractivity contribution in [3.05, 3.63) is 47.5 Å². The fourth-order valence-corrected chi connectivity index (χ4v) is 2.52. The summed E-state index contributed by atoms with van der Waals surface area (Å²) in [5.74, 6) is -1.21. The Morgan fingerprint density at radius 3 is 2.44 bits per heavy atom. The van der Waals surface area contributed by atoms with E-state index in [-0.39, 0.29) is 22.8 Å². The lowest BCUT2D eigenvalue weighted by Crippen LogP contribution is -2.01. The summed E-state index contributed by atoms with van der Waals surface area (Å²) in [7, 11) is 0. The second kappa shape index (κ2) is 8.82. The van der Waals surface area contributed by atoms with E-state index in [1.165, 1.54) is 24.3 Å². The van der Waals surface area contributed by atoms with Crippen LogP contribution in [0.5, 0.6) is 23.0 Å². The molecule has 0 spiro atoms. The fourth-order valence-electron chi connectivity index (χ4n) is 2.52. The van der Waals surface area contributed by atoms with Crippen molar-refractivity contribution in [3.63, 3.8) is 0 Å². The summed E-state index contributed by atoms with van der Waals surface area (Å²) < 4.78 is 5.50. The minimum absolute atomic E-state index is 0.0487. The lowest BCUT2D eigenvalue weighted by molar-refractivity contribution is 0.0693. The molecule has 0 heterocycles. The van der Waals surface area contributed by atoms with Crippen molar-refractivity contribution in [3.8, 4) is 23.0 Å². The van der Waals surface area contributed by atoms with E-state index in [4.69, 9.17) is 9.84 Å². The number of aryl methyl sites for hydroxylation is 1. The first kappa shape index (κ1) is 18.4. The summed E-state index contributed by atoms with van der Waals surface area (Å²) in [5.41, 5.74) is 0.560. The zero-order valence-electron chi connectivity index (χ0n) is 13.8. The van der Waals surface area contributed by atoms with Crippen LogP contribution in [0.25, 0.3) is 0 Å². The molecule has 0 atom stereocenters. The number of carboxylic acid groups (broad SMARTS) is 1. The maximum atomic E-state index is 10.9. The molecule has 2 aromatic rings. The molecule has 0 saturated heterocycles. The fraction of sp³-hybridized carbons (Fsp3) is 0.316. The predicted molar refractivity (Wildman–Crippen MR) is 92.5 cm³/mol. The van der Waals surface area contributed by atoms with E-state index in [0.717, 1.165) is 31.2 Å². The number of unbranched alkanes of at least 4 members (excludes halogenated alkanes) is 3. The predicted octanol–water partition coefficient (Wildman–Crippen LogP) is 3.68. The van der Waals surface area contributed by atoms with Crippen LogP contribution in [0.2, 0.25) is 0 Å². The number of carboxylic acids is 1. The standard InChI is InChI=1S/C19H22O6/c20-16-10-9-14(12-15(16)19(23)24)25-11-4-2-1-3-6-13-7-5-8-17(21)18(13)22/h5,7-10,12,20-22H,1-4,6,11H2,(H,23,24). The number of aromatic carboxylic acids is 1. The number of phenols is 3. The van der Waals surface area contributed by atoms with Gasteiger partial charge in [0, 0.05) is 0 Å². The van der Waals surface area contributed by atoms with Gasteiger partial charge in [0.2, 0.25) is 0 Å². The molecule has 0 amide bonds. The molecule has 0 aliphatic rings. The number of carbonyl (C=O) groups is 1. The van der Waals surface area contributed by atoms with Gasteiger partial charge < -0.3 is 25.2 Å². The SMILES string of the molecule is O=C(O)c1cc(OCCCCCCc2cccc(O)c2O)ccc1O. The lowest BCUT2D eigenvalue weighted by atomic mass is 10.0. The molecule has 0 saturated carbocycles. The molecule has 134 valence electrons. The van der Waals surface area contributed by atoms with Gasteiger partial charge >= 0.3 is 5.97 Å². The van der Waals surface area contributed by atoms with Crippen molar-refractivity contribution >= 4 is 5.97 Å². The van der Waals surface area contributed by atoms with Gasteiger partial charge in [-0.25, -0.2) is 4.79 Å². The Balaban J connectivity index is 1.66. The number of rotatable bonds is 9. The smallest absolute Gasteiger partial charge is 0.339 e. The van der Waals surface area contributed by atoms with Crippen LogP contribution in [0.3, 0.4) is 0 Å². The molecule has 0 aromatic heterocycles. The zero-order chi connectivity index (χ0) is 18.2. The van der Waals surface area contributed by atoms with Crippen molar-refractivity contribution < 1.29 is 30.0 Å². The monoisotopic (exact) mass is 346 g/mol. The first-order valence-electron chi connectivity index (χ1n) is 8.18. The topological polar surface area (TPSA) is 107 Å². The third-order valence-corrected chi connectivity index (χ3v) is 3.91. The summed E-state index contributed by atoms with van der Waals surface area (Å²) in [6, 6.07) is 9.11. The number of para-hydroxylation sites is 1. The van der Waals surface area contributed by atoms with Gasteiger partial charge in [0.25, 0.3) is 0 Å². The summed E-state index contributed by atoms with van der Waals surface area (Å²) in [6.45, 7) is 0.460. The maximum Gasteiger partial charge on any atom is 0.339 e. The Morgan fingerprint density at radius 2 is 1.68 bits per heavy atom. The molecular formula is C19H22O6. The van der Waals surface area contributed by atoms with Crippen molar-refractivity contribution in [2.24, 2.45) is 0 Å². The van der Waals surface area contributed by atoms with Gasteiger partial charge in [-0.05, 0) is 49.1 Å². The Morgan fingerprint density at radius 1 is 0.920 bits per heavy atom. The van der Waals surface area contributed by atoms with Crippen LogP contribution in [0.15, 0.2) is 36.4 Å². The van der Waals surface area contributed by atoms with Gasteiger partial charge in [-0.1, -0.05) is 25.0 Å². The Kier molecular flexibility index (Phi) is 6.51. The number of benzene rings is 2. The normalized spacial score (nSPS) is 10.6. The third-order valence-electron chi connectivity index (χ3n) is 3.91. The first-order chi connectivity index (χ1) is 12.0. The molecule has 0 unspecified atom stereocenters. The number of ether oxygens (including phenoxy) is 1. The molecule has 2 rings (SSSR count).